The molecule has 4 rings (SSSR count). The van der Waals surface area contributed by atoms with Crippen molar-refractivity contribution in [3.05, 3.63) is 29.6 Å². The highest BCUT2D eigenvalue weighted by Gasteiger charge is 2.32. The predicted molar refractivity (Wildman–Crippen MR) is 113 cm³/mol. The third-order valence-corrected chi connectivity index (χ3v) is 7.17. The Hall–Kier alpha value is -2.15. The number of halogens is 1. The molecule has 1 saturated carbocycles. The van der Waals surface area contributed by atoms with Gasteiger partial charge in [0.15, 0.2) is 0 Å². The number of amides is 1. The molecule has 1 unspecified atom stereocenters. The Balaban J connectivity index is 1.28. The molecule has 1 aromatic carbocycles. The summed E-state index contributed by atoms with van der Waals surface area (Å²) in [7, 11) is 0. The number of anilines is 1. The van der Waals surface area contributed by atoms with Gasteiger partial charge in [-0.15, -0.1) is 0 Å². The van der Waals surface area contributed by atoms with Gasteiger partial charge in [0.1, 0.15) is 5.82 Å². The topological polar surface area (TPSA) is 81.7 Å². The van der Waals surface area contributed by atoms with Crippen molar-refractivity contribution in [3.8, 4) is 0 Å². The molecular formula is C23H32FN3O3. The van der Waals surface area contributed by atoms with Crippen molar-refractivity contribution in [2.24, 2.45) is 5.92 Å². The Labute approximate surface area is 177 Å². The van der Waals surface area contributed by atoms with E-state index in [0.29, 0.717) is 19.0 Å². The minimum atomic E-state index is -0.659. The third-order valence-electron chi connectivity index (χ3n) is 7.17. The van der Waals surface area contributed by atoms with Crippen LogP contribution in [0.5, 0.6) is 0 Å². The zero-order valence-corrected chi connectivity index (χ0v) is 17.4. The van der Waals surface area contributed by atoms with E-state index in [9.17, 15) is 19.1 Å². The van der Waals surface area contributed by atoms with Gasteiger partial charge in [0.25, 0.3) is 0 Å². The molecule has 6 nitrogen and oxygen atoms in total. The molecule has 0 radical (unpaired) electrons. The minimum absolute atomic E-state index is 0.0795. The van der Waals surface area contributed by atoms with Crippen molar-refractivity contribution in [2.45, 2.75) is 69.4 Å². The Morgan fingerprint density at radius 3 is 2.43 bits per heavy atom. The minimum Gasteiger partial charge on any atom is -0.481 e. The van der Waals surface area contributed by atoms with Crippen LogP contribution in [-0.2, 0) is 9.59 Å². The van der Waals surface area contributed by atoms with Gasteiger partial charge in [-0.05, 0) is 81.6 Å². The van der Waals surface area contributed by atoms with E-state index in [1.807, 2.05) is 12.1 Å². The largest absolute Gasteiger partial charge is 0.481 e. The first kappa shape index (κ1) is 21.1. The smallest absolute Gasteiger partial charge is 0.306 e. The fourth-order valence-electron chi connectivity index (χ4n) is 5.30. The van der Waals surface area contributed by atoms with Crippen LogP contribution in [-0.4, -0.2) is 53.6 Å². The highest BCUT2D eigenvalue weighted by Crippen LogP contribution is 2.35. The van der Waals surface area contributed by atoms with Crippen molar-refractivity contribution < 1.29 is 19.1 Å². The number of likely N-dealkylation sites (tertiary alicyclic amines) is 1. The van der Waals surface area contributed by atoms with Crippen molar-refractivity contribution in [1.29, 1.82) is 0 Å². The number of hydrogen-bond donors (Lipinski definition) is 3. The number of carboxylic acids is 1. The predicted octanol–water partition coefficient (Wildman–Crippen LogP) is 3.34. The molecule has 0 bridgehead atoms. The van der Waals surface area contributed by atoms with Gasteiger partial charge in [-0.1, -0.05) is 6.07 Å². The quantitative estimate of drug-likeness (QED) is 0.685. The molecule has 1 aromatic rings. The molecule has 2 heterocycles. The number of hydrogen-bond acceptors (Lipinski definition) is 4. The van der Waals surface area contributed by atoms with Gasteiger partial charge >= 0.3 is 5.97 Å². The number of benzene rings is 1. The molecule has 7 heteroatoms. The lowest BCUT2D eigenvalue weighted by Crippen LogP contribution is -2.43. The van der Waals surface area contributed by atoms with Crippen LogP contribution in [0.1, 0.15) is 62.8 Å². The fraction of sp³-hybridized carbons (Fsp3) is 0.652. The Morgan fingerprint density at radius 1 is 1.10 bits per heavy atom. The van der Waals surface area contributed by atoms with Gasteiger partial charge in [0, 0.05) is 30.7 Å². The molecular weight excluding hydrogens is 385 g/mol. The van der Waals surface area contributed by atoms with E-state index in [0.717, 1.165) is 69.3 Å². The van der Waals surface area contributed by atoms with E-state index in [2.05, 4.69) is 15.5 Å². The first-order valence-corrected chi connectivity index (χ1v) is 11.3. The highest BCUT2D eigenvalue weighted by atomic mass is 19.1. The van der Waals surface area contributed by atoms with Crippen LogP contribution in [0.2, 0.25) is 0 Å². The summed E-state index contributed by atoms with van der Waals surface area (Å²) in [6, 6.07) is 6.08. The molecule has 3 fully saturated rings. The van der Waals surface area contributed by atoms with E-state index in [-0.39, 0.29) is 29.6 Å². The number of aliphatic carboxylic acids is 1. The van der Waals surface area contributed by atoms with Gasteiger partial charge in [-0.2, -0.15) is 0 Å². The van der Waals surface area contributed by atoms with Crippen molar-refractivity contribution in [3.63, 3.8) is 0 Å². The molecule has 1 atom stereocenters. The molecule has 0 aromatic heterocycles. The second-order valence-corrected chi connectivity index (χ2v) is 9.07. The van der Waals surface area contributed by atoms with Crippen LogP contribution in [0.15, 0.2) is 18.2 Å². The fourth-order valence-corrected chi connectivity index (χ4v) is 5.30. The SMILES string of the molecule is O=C1CCC(Nc2ccc(C3CCN([C@H]4CC[C@H](C(=O)O)CC4)CC3)c(F)c2)CN1. The molecule has 3 aliphatic rings. The second kappa shape index (κ2) is 9.33. The first-order valence-electron chi connectivity index (χ1n) is 11.3. The molecule has 1 aliphatic carbocycles. The zero-order chi connectivity index (χ0) is 21.1. The van der Waals surface area contributed by atoms with Crippen molar-refractivity contribution in [1.82, 2.24) is 10.2 Å². The Bertz CT molecular complexity index is 761. The number of carboxylic acid groups (broad SMARTS) is 1. The number of piperidine rings is 2. The van der Waals surface area contributed by atoms with E-state index < -0.39 is 5.97 Å². The number of carbonyl (C=O) groups excluding carboxylic acids is 1. The Morgan fingerprint density at radius 2 is 1.83 bits per heavy atom. The normalized spacial score (nSPS) is 28.7. The summed E-state index contributed by atoms with van der Waals surface area (Å²) < 4.78 is 14.8. The number of nitrogens with zero attached hydrogens (tertiary/aromatic N) is 1. The molecule has 2 aliphatic heterocycles. The number of nitrogens with one attached hydrogen (secondary N) is 2. The summed E-state index contributed by atoms with van der Waals surface area (Å²) in [5, 5.41) is 15.3. The standard InChI is InChI=1S/C23H32FN3O3/c24-21-13-17(26-18-4-8-22(28)25-14-18)3-7-20(21)15-9-11-27(12-10-15)19-5-1-16(2-6-19)23(29)30/h3,7,13,15-16,18-19,26H,1-2,4-6,8-12,14H2,(H,25,28)(H,29,30)/t16-,18?,19-. The van der Waals surface area contributed by atoms with Gasteiger partial charge in [-0.3, -0.25) is 9.59 Å². The van der Waals surface area contributed by atoms with Gasteiger partial charge < -0.3 is 20.6 Å². The lowest BCUT2D eigenvalue weighted by atomic mass is 9.83. The second-order valence-electron chi connectivity index (χ2n) is 9.07. The van der Waals surface area contributed by atoms with E-state index in [1.165, 1.54) is 0 Å². The van der Waals surface area contributed by atoms with Crippen LogP contribution >= 0.6 is 0 Å². The van der Waals surface area contributed by atoms with E-state index in [1.54, 1.807) is 6.07 Å². The maximum Gasteiger partial charge on any atom is 0.306 e. The molecule has 30 heavy (non-hydrogen) atoms. The number of rotatable bonds is 5. The summed E-state index contributed by atoms with van der Waals surface area (Å²) >= 11 is 0. The maximum atomic E-state index is 14.8. The van der Waals surface area contributed by atoms with Gasteiger partial charge in [0.05, 0.1) is 5.92 Å². The van der Waals surface area contributed by atoms with Crippen LogP contribution in [0, 0.1) is 11.7 Å². The molecule has 0 spiro atoms. The van der Waals surface area contributed by atoms with E-state index >= 15 is 0 Å². The van der Waals surface area contributed by atoms with Crippen molar-refractivity contribution >= 4 is 17.6 Å². The summed E-state index contributed by atoms with van der Waals surface area (Å²) in [6.45, 7) is 2.48. The number of carbonyl (C=O) groups is 2. The highest BCUT2D eigenvalue weighted by molar-refractivity contribution is 5.77. The molecule has 3 N–H and O–H groups in total. The maximum absolute atomic E-state index is 14.8. The summed E-state index contributed by atoms with van der Waals surface area (Å²) in [5.41, 5.74) is 1.57. The van der Waals surface area contributed by atoms with Crippen LogP contribution < -0.4 is 10.6 Å². The summed E-state index contributed by atoms with van der Waals surface area (Å²) in [5.74, 6) is -0.672. The summed E-state index contributed by atoms with van der Waals surface area (Å²) in [6.07, 6.45) is 6.61. The monoisotopic (exact) mass is 417 g/mol. The zero-order valence-electron chi connectivity index (χ0n) is 17.4. The van der Waals surface area contributed by atoms with Crippen LogP contribution in [0.4, 0.5) is 10.1 Å². The lowest BCUT2D eigenvalue weighted by molar-refractivity contribution is -0.143. The molecule has 164 valence electrons. The molecule has 2 saturated heterocycles. The average molecular weight is 418 g/mol. The van der Waals surface area contributed by atoms with Gasteiger partial charge in [-0.25, -0.2) is 4.39 Å². The summed E-state index contributed by atoms with van der Waals surface area (Å²) in [4.78, 5) is 24.9. The Kier molecular flexibility index (Phi) is 6.56. The van der Waals surface area contributed by atoms with Gasteiger partial charge in [0.2, 0.25) is 5.91 Å². The van der Waals surface area contributed by atoms with Crippen molar-refractivity contribution in [2.75, 3.05) is 25.0 Å². The third kappa shape index (κ3) is 4.94. The first-order chi connectivity index (χ1) is 14.5. The average Bonchev–Trinajstić information content (AvgIpc) is 2.76. The van der Waals surface area contributed by atoms with Crippen LogP contribution in [0.3, 0.4) is 0 Å². The molecule has 1 amide bonds. The lowest BCUT2D eigenvalue weighted by Gasteiger charge is -2.40. The van der Waals surface area contributed by atoms with Crippen LogP contribution in [0.25, 0.3) is 0 Å². The van der Waals surface area contributed by atoms with E-state index in [4.69, 9.17) is 0 Å².